The number of methoxy groups -OCH3 is 1. The van der Waals surface area contributed by atoms with E-state index in [9.17, 15) is 9.59 Å². The number of hydrogen-bond acceptors (Lipinski definition) is 5. The molecule has 1 aromatic carbocycles. The molecule has 0 spiro atoms. The van der Waals surface area contributed by atoms with Crippen LogP contribution in [0.15, 0.2) is 24.3 Å². The average Bonchev–Trinajstić information content (AvgIpc) is 2.55. The molecule has 1 amide bonds. The number of aliphatic carboxylic acids is 1. The van der Waals surface area contributed by atoms with E-state index in [-0.39, 0.29) is 18.4 Å². The molecule has 1 atom stereocenters. The Kier molecular flexibility index (Phi) is 6.73. The van der Waals surface area contributed by atoms with Crippen molar-refractivity contribution in [1.29, 1.82) is 0 Å². The predicted molar refractivity (Wildman–Crippen MR) is 88.2 cm³/mol. The molecule has 1 N–H and O–H groups in total. The topological polar surface area (TPSA) is 76.1 Å². The van der Waals surface area contributed by atoms with E-state index in [1.807, 2.05) is 0 Å². The number of amides is 1. The Balaban J connectivity index is 2.01. The van der Waals surface area contributed by atoms with Gasteiger partial charge >= 0.3 is 5.97 Å². The summed E-state index contributed by atoms with van der Waals surface area (Å²) in [4.78, 5) is 25.3. The fraction of sp³-hybridized carbons (Fsp3) is 0.500. The molecule has 0 aromatic heterocycles. The van der Waals surface area contributed by atoms with Crippen LogP contribution in [0.3, 0.4) is 0 Å². The fourth-order valence-corrected chi connectivity index (χ4v) is 3.46. The van der Waals surface area contributed by atoms with Gasteiger partial charge in [0.2, 0.25) is 0 Å². The zero-order valence-electron chi connectivity index (χ0n) is 13.1. The minimum atomic E-state index is -0.878. The second-order valence-corrected chi connectivity index (χ2v) is 6.34. The van der Waals surface area contributed by atoms with Crippen molar-refractivity contribution in [3.8, 4) is 5.75 Å². The van der Waals surface area contributed by atoms with Crippen LogP contribution >= 0.6 is 11.8 Å². The first kappa shape index (κ1) is 17.6. The van der Waals surface area contributed by atoms with Crippen LogP contribution in [-0.2, 0) is 9.53 Å². The van der Waals surface area contributed by atoms with E-state index in [0.29, 0.717) is 36.8 Å². The largest absolute Gasteiger partial charge is 0.491 e. The Bertz CT molecular complexity index is 534. The van der Waals surface area contributed by atoms with E-state index in [1.165, 1.54) is 0 Å². The van der Waals surface area contributed by atoms with Crippen molar-refractivity contribution in [1.82, 2.24) is 4.90 Å². The third-order valence-electron chi connectivity index (χ3n) is 3.56. The zero-order chi connectivity index (χ0) is 16.7. The number of thioether (sulfide) groups is 1. The summed E-state index contributed by atoms with van der Waals surface area (Å²) in [7, 11) is 1.61. The molecule has 126 valence electrons. The van der Waals surface area contributed by atoms with E-state index in [0.717, 1.165) is 5.75 Å². The molecule has 1 fully saturated rings. The van der Waals surface area contributed by atoms with Crippen LogP contribution in [0.2, 0.25) is 0 Å². The van der Waals surface area contributed by atoms with Crippen LogP contribution < -0.4 is 4.74 Å². The first-order valence-corrected chi connectivity index (χ1v) is 8.59. The molecule has 0 aliphatic carbocycles. The van der Waals surface area contributed by atoms with Crippen molar-refractivity contribution < 1.29 is 24.2 Å². The normalized spacial score (nSPS) is 17.8. The predicted octanol–water partition coefficient (Wildman–Crippen LogP) is 1.74. The number of hydrogen-bond donors (Lipinski definition) is 1. The maximum Gasteiger partial charge on any atom is 0.305 e. The van der Waals surface area contributed by atoms with Gasteiger partial charge in [0.1, 0.15) is 12.4 Å². The molecule has 1 aromatic rings. The number of nitrogens with zero attached hydrogens (tertiary/aromatic N) is 1. The summed E-state index contributed by atoms with van der Waals surface area (Å²) in [5, 5.41) is 9.00. The molecule has 1 saturated heterocycles. The second-order valence-electron chi connectivity index (χ2n) is 5.19. The highest BCUT2D eigenvalue weighted by molar-refractivity contribution is 7.99. The third kappa shape index (κ3) is 5.14. The summed E-state index contributed by atoms with van der Waals surface area (Å²) < 4.78 is 10.4. The molecule has 0 radical (unpaired) electrons. The molecule has 1 unspecified atom stereocenters. The van der Waals surface area contributed by atoms with Crippen LogP contribution in [-0.4, -0.2) is 66.3 Å². The van der Waals surface area contributed by atoms with Crippen molar-refractivity contribution in [3.05, 3.63) is 29.8 Å². The molecule has 23 heavy (non-hydrogen) atoms. The maximum atomic E-state index is 12.6. The summed E-state index contributed by atoms with van der Waals surface area (Å²) in [6, 6.07) is 6.66. The van der Waals surface area contributed by atoms with Gasteiger partial charge in [-0.25, -0.2) is 0 Å². The van der Waals surface area contributed by atoms with Crippen molar-refractivity contribution in [2.75, 3.05) is 38.4 Å². The van der Waals surface area contributed by atoms with E-state index < -0.39 is 5.97 Å². The number of ether oxygens (including phenoxy) is 2. The first-order chi connectivity index (χ1) is 11.1. The number of carboxylic acid groups (broad SMARTS) is 1. The van der Waals surface area contributed by atoms with Crippen LogP contribution in [0.4, 0.5) is 0 Å². The Hall–Kier alpha value is -1.73. The van der Waals surface area contributed by atoms with E-state index in [1.54, 1.807) is 48.0 Å². The number of carboxylic acids is 1. The summed E-state index contributed by atoms with van der Waals surface area (Å²) >= 11 is 1.69. The molecule has 0 saturated carbocycles. The van der Waals surface area contributed by atoms with E-state index >= 15 is 0 Å². The molecule has 1 heterocycles. The van der Waals surface area contributed by atoms with Crippen LogP contribution in [0.5, 0.6) is 5.75 Å². The van der Waals surface area contributed by atoms with Crippen molar-refractivity contribution in [3.63, 3.8) is 0 Å². The third-order valence-corrected chi connectivity index (χ3v) is 4.65. The summed E-state index contributed by atoms with van der Waals surface area (Å²) in [5.41, 5.74) is 0.548. The fourth-order valence-electron chi connectivity index (χ4n) is 2.40. The summed E-state index contributed by atoms with van der Waals surface area (Å²) in [5.74, 6) is 1.17. The Morgan fingerprint density at radius 2 is 2.04 bits per heavy atom. The molecular weight excluding hydrogens is 318 g/mol. The maximum absolute atomic E-state index is 12.6. The molecule has 0 bridgehead atoms. The van der Waals surface area contributed by atoms with Crippen LogP contribution in [0.25, 0.3) is 0 Å². The van der Waals surface area contributed by atoms with Crippen molar-refractivity contribution in [2.45, 2.75) is 12.5 Å². The van der Waals surface area contributed by atoms with Gasteiger partial charge in [-0.3, -0.25) is 9.59 Å². The summed E-state index contributed by atoms with van der Waals surface area (Å²) in [6.07, 6.45) is -0.0169. The lowest BCUT2D eigenvalue weighted by atomic mass is 10.1. The van der Waals surface area contributed by atoms with E-state index in [2.05, 4.69) is 0 Å². The van der Waals surface area contributed by atoms with Gasteiger partial charge in [-0.15, -0.1) is 0 Å². The minimum absolute atomic E-state index is 0.0169. The number of carbonyl (C=O) groups excluding carboxylic acids is 1. The van der Waals surface area contributed by atoms with Gasteiger partial charge in [0.15, 0.2) is 0 Å². The van der Waals surface area contributed by atoms with Gasteiger partial charge in [-0.1, -0.05) is 0 Å². The molecule has 1 aliphatic heterocycles. The lowest BCUT2D eigenvalue weighted by Crippen LogP contribution is -2.47. The molecule has 2 rings (SSSR count). The number of benzene rings is 1. The Morgan fingerprint density at radius 1 is 1.30 bits per heavy atom. The van der Waals surface area contributed by atoms with Crippen LogP contribution in [0.1, 0.15) is 16.8 Å². The molecule has 7 heteroatoms. The van der Waals surface area contributed by atoms with Gasteiger partial charge in [0, 0.05) is 30.7 Å². The lowest BCUT2D eigenvalue weighted by Gasteiger charge is -2.34. The standard InChI is InChI=1S/C16H21NO5S/c1-21-7-8-22-14-4-2-12(3-5-14)16(20)17-6-9-23-11-13(17)10-15(18)19/h2-5,13H,6-11H2,1H3,(H,18,19). The van der Waals surface area contributed by atoms with Crippen molar-refractivity contribution in [2.24, 2.45) is 0 Å². The molecular formula is C16H21NO5S. The van der Waals surface area contributed by atoms with Gasteiger partial charge in [-0.05, 0) is 24.3 Å². The second kappa shape index (κ2) is 8.79. The zero-order valence-corrected chi connectivity index (χ0v) is 13.9. The monoisotopic (exact) mass is 339 g/mol. The lowest BCUT2D eigenvalue weighted by molar-refractivity contribution is -0.138. The molecule has 1 aliphatic rings. The van der Waals surface area contributed by atoms with Crippen molar-refractivity contribution >= 4 is 23.6 Å². The smallest absolute Gasteiger partial charge is 0.305 e. The average molecular weight is 339 g/mol. The highest BCUT2D eigenvalue weighted by atomic mass is 32.2. The first-order valence-electron chi connectivity index (χ1n) is 7.44. The van der Waals surface area contributed by atoms with E-state index in [4.69, 9.17) is 14.6 Å². The Labute approximate surface area is 139 Å². The summed E-state index contributed by atoms with van der Waals surface area (Å²) in [6.45, 7) is 1.53. The van der Waals surface area contributed by atoms with Gasteiger partial charge < -0.3 is 19.5 Å². The quantitative estimate of drug-likeness (QED) is 0.763. The van der Waals surface area contributed by atoms with Gasteiger partial charge in [0.25, 0.3) is 5.91 Å². The highest BCUT2D eigenvalue weighted by Gasteiger charge is 2.29. The SMILES string of the molecule is COCCOc1ccc(C(=O)N2CCSCC2CC(=O)O)cc1. The Morgan fingerprint density at radius 3 is 2.70 bits per heavy atom. The highest BCUT2D eigenvalue weighted by Crippen LogP contribution is 2.22. The molecule has 6 nitrogen and oxygen atoms in total. The number of rotatable bonds is 7. The number of carbonyl (C=O) groups is 2. The van der Waals surface area contributed by atoms with Crippen LogP contribution in [0, 0.1) is 0 Å². The van der Waals surface area contributed by atoms with Gasteiger partial charge in [-0.2, -0.15) is 11.8 Å². The van der Waals surface area contributed by atoms with Gasteiger partial charge in [0.05, 0.1) is 19.1 Å². The minimum Gasteiger partial charge on any atom is -0.491 e.